The molecule has 0 spiro atoms. The number of hydrogen-bond acceptors (Lipinski definition) is 2. The van der Waals surface area contributed by atoms with E-state index in [-0.39, 0.29) is 21.7 Å². The van der Waals surface area contributed by atoms with Gasteiger partial charge in [0.1, 0.15) is 16.8 Å². The molecule has 0 atom stereocenters. The van der Waals surface area contributed by atoms with Crippen LogP contribution in [0.1, 0.15) is 5.56 Å². The van der Waals surface area contributed by atoms with Gasteiger partial charge in [-0.1, -0.05) is 23.2 Å². The lowest BCUT2D eigenvalue weighted by Gasteiger charge is -2.11. The Morgan fingerprint density at radius 3 is 2.40 bits per heavy atom. The smallest absolute Gasteiger partial charge is 0.339 e. The molecular weight excluding hydrogens is 319 g/mol. The number of alkyl halides is 3. The maximum atomic E-state index is 13.1. The zero-order valence-electron chi connectivity index (χ0n) is 9.60. The van der Waals surface area contributed by atoms with Crippen molar-refractivity contribution >= 4 is 34.7 Å². The molecule has 8 heteroatoms. The minimum absolute atomic E-state index is 0.0922. The van der Waals surface area contributed by atoms with Gasteiger partial charge in [-0.2, -0.15) is 13.2 Å². The Hall–Kier alpha value is -1.53. The van der Waals surface area contributed by atoms with Gasteiger partial charge in [0.15, 0.2) is 0 Å². The Balaban J connectivity index is 2.39. The molecule has 0 amide bonds. The molecule has 2 aromatic rings. The number of rotatable bonds is 2. The van der Waals surface area contributed by atoms with Gasteiger partial charge in [-0.15, -0.1) is 0 Å². The van der Waals surface area contributed by atoms with Crippen molar-refractivity contribution in [2.75, 3.05) is 5.32 Å². The van der Waals surface area contributed by atoms with Crippen molar-refractivity contribution in [2.24, 2.45) is 0 Å². The SMILES string of the molecule is Fc1ccc(Cl)c(Nc2cc(C(F)(F)F)cc(Cl)n2)c1. The Morgan fingerprint density at radius 1 is 1.05 bits per heavy atom. The summed E-state index contributed by atoms with van der Waals surface area (Å²) >= 11 is 11.3. The molecule has 0 aliphatic carbocycles. The van der Waals surface area contributed by atoms with Crippen molar-refractivity contribution in [1.82, 2.24) is 4.98 Å². The van der Waals surface area contributed by atoms with Gasteiger partial charge >= 0.3 is 6.18 Å². The van der Waals surface area contributed by atoms with E-state index in [9.17, 15) is 17.6 Å². The van der Waals surface area contributed by atoms with Gasteiger partial charge in [-0.3, -0.25) is 0 Å². The van der Waals surface area contributed by atoms with Crippen molar-refractivity contribution < 1.29 is 17.6 Å². The van der Waals surface area contributed by atoms with Crippen LogP contribution in [0.25, 0.3) is 0 Å². The molecule has 2 rings (SSSR count). The summed E-state index contributed by atoms with van der Waals surface area (Å²) in [6, 6.07) is 4.89. The van der Waals surface area contributed by atoms with Crippen LogP contribution in [-0.2, 0) is 6.18 Å². The fourth-order valence-electron chi connectivity index (χ4n) is 1.46. The first-order valence-corrected chi connectivity index (χ1v) is 5.98. The van der Waals surface area contributed by atoms with E-state index in [1.165, 1.54) is 6.07 Å². The van der Waals surface area contributed by atoms with Gasteiger partial charge in [0.05, 0.1) is 16.3 Å². The average molecular weight is 325 g/mol. The van der Waals surface area contributed by atoms with Crippen LogP contribution in [0.2, 0.25) is 10.2 Å². The highest BCUT2D eigenvalue weighted by Gasteiger charge is 2.31. The molecule has 0 saturated heterocycles. The zero-order chi connectivity index (χ0) is 14.9. The summed E-state index contributed by atoms with van der Waals surface area (Å²) in [5.41, 5.74) is -0.873. The van der Waals surface area contributed by atoms with Crippen LogP contribution in [0.5, 0.6) is 0 Å². The molecule has 2 nitrogen and oxygen atoms in total. The van der Waals surface area contributed by atoms with Gasteiger partial charge in [0, 0.05) is 0 Å². The van der Waals surface area contributed by atoms with E-state index in [0.717, 1.165) is 18.2 Å². The third kappa shape index (κ3) is 3.52. The van der Waals surface area contributed by atoms with E-state index in [4.69, 9.17) is 23.2 Å². The number of nitrogens with zero attached hydrogens (tertiary/aromatic N) is 1. The molecule has 0 unspecified atom stereocenters. The van der Waals surface area contributed by atoms with Crippen molar-refractivity contribution in [3.63, 3.8) is 0 Å². The van der Waals surface area contributed by atoms with Crippen LogP contribution in [0.3, 0.4) is 0 Å². The highest BCUT2D eigenvalue weighted by Crippen LogP contribution is 2.33. The second kappa shape index (κ2) is 5.46. The molecule has 1 heterocycles. The van der Waals surface area contributed by atoms with Gasteiger partial charge in [0.25, 0.3) is 0 Å². The molecular formula is C12H6Cl2F4N2. The second-order valence-electron chi connectivity index (χ2n) is 3.81. The molecule has 0 fully saturated rings. The molecule has 1 aromatic heterocycles. The zero-order valence-corrected chi connectivity index (χ0v) is 11.1. The molecule has 0 aliphatic rings. The Labute approximate surface area is 121 Å². The Kier molecular flexibility index (Phi) is 4.06. The normalized spacial score (nSPS) is 11.5. The summed E-state index contributed by atoms with van der Waals surface area (Å²) in [4.78, 5) is 3.69. The van der Waals surface area contributed by atoms with Crippen molar-refractivity contribution in [2.45, 2.75) is 6.18 Å². The van der Waals surface area contributed by atoms with Crippen LogP contribution in [-0.4, -0.2) is 4.98 Å². The standard InChI is InChI=1S/C12H6Cl2F4N2/c13-8-2-1-7(15)5-9(8)19-11-4-6(12(16,17)18)3-10(14)20-11/h1-5H,(H,19,20). The van der Waals surface area contributed by atoms with Crippen LogP contribution < -0.4 is 5.32 Å². The first-order chi connectivity index (χ1) is 9.25. The predicted molar refractivity (Wildman–Crippen MR) is 68.9 cm³/mol. The summed E-state index contributed by atoms with van der Waals surface area (Å²) in [5.74, 6) is -0.771. The number of nitrogens with one attached hydrogen (secondary N) is 1. The quantitative estimate of drug-likeness (QED) is 0.599. The van der Waals surface area contributed by atoms with E-state index >= 15 is 0 Å². The number of pyridine rings is 1. The first kappa shape index (κ1) is 14.9. The Morgan fingerprint density at radius 2 is 1.75 bits per heavy atom. The topological polar surface area (TPSA) is 24.9 Å². The third-order valence-electron chi connectivity index (χ3n) is 2.31. The molecule has 0 aliphatic heterocycles. The van der Waals surface area contributed by atoms with E-state index in [1.54, 1.807) is 0 Å². The molecule has 1 N–H and O–H groups in total. The van der Waals surface area contributed by atoms with Gasteiger partial charge in [-0.25, -0.2) is 9.37 Å². The van der Waals surface area contributed by atoms with Crippen LogP contribution in [0.4, 0.5) is 29.1 Å². The summed E-state index contributed by atoms with van der Waals surface area (Å²) < 4.78 is 51.0. The minimum atomic E-state index is -4.56. The minimum Gasteiger partial charge on any atom is -0.339 e. The molecule has 0 bridgehead atoms. The molecule has 106 valence electrons. The summed E-state index contributed by atoms with van der Waals surface area (Å²) in [6.45, 7) is 0. The van der Waals surface area contributed by atoms with Crippen LogP contribution in [0.15, 0.2) is 30.3 Å². The van der Waals surface area contributed by atoms with E-state index < -0.39 is 17.6 Å². The van der Waals surface area contributed by atoms with E-state index in [0.29, 0.717) is 6.07 Å². The number of halogens is 6. The summed E-state index contributed by atoms with van der Waals surface area (Å²) in [7, 11) is 0. The molecule has 1 aromatic carbocycles. The molecule has 0 saturated carbocycles. The fraction of sp³-hybridized carbons (Fsp3) is 0.0833. The third-order valence-corrected chi connectivity index (χ3v) is 2.84. The largest absolute Gasteiger partial charge is 0.416 e. The van der Waals surface area contributed by atoms with E-state index in [2.05, 4.69) is 10.3 Å². The lowest BCUT2D eigenvalue weighted by atomic mass is 10.2. The van der Waals surface area contributed by atoms with E-state index in [1.807, 2.05) is 0 Å². The predicted octanol–water partition coefficient (Wildman–Crippen LogP) is 5.29. The van der Waals surface area contributed by atoms with Gasteiger partial charge in [0.2, 0.25) is 0 Å². The van der Waals surface area contributed by atoms with Crippen LogP contribution in [0, 0.1) is 5.82 Å². The number of aromatic nitrogens is 1. The average Bonchev–Trinajstić information content (AvgIpc) is 2.32. The second-order valence-corrected chi connectivity index (χ2v) is 4.61. The summed E-state index contributed by atoms with van der Waals surface area (Å²) in [6.07, 6.45) is -4.56. The first-order valence-electron chi connectivity index (χ1n) is 5.22. The highest BCUT2D eigenvalue weighted by molar-refractivity contribution is 6.33. The lowest BCUT2D eigenvalue weighted by molar-refractivity contribution is -0.137. The monoisotopic (exact) mass is 324 g/mol. The molecule has 20 heavy (non-hydrogen) atoms. The van der Waals surface area contributed by atoms with Gasteiger partial charge in [-0.05, 0) is 30.3 Å². The van der Waals surface area contributed by atoms with Crippen molar-refractivity contribution in [3.05, 3.63) is 51.9 Å². The molecule has 0 radical (unpaired) electrons. The maximum absolute atomic E-state index is 13.1. The lowest BCUT2D eigenvalue weighted by Crippen LogP contribution is -2.07. The van der Waals surface area contributed by atoms with Crippen molar-refractivity contribution in [1.29, 1.82) is 0 Å². The maximum Gasteiger partial charge on any atom is 0.416 e. The number of benzene rings is 1. The summed E-state index contributed by atoms with van der Waals surface area (Å²) in [5, 5.41) is 2.30. The van der Waals surface area contributed by atoms with Crippen molar-refractivity contribution in [3.8, 4) is 0 Å². The fourth-order valence-corrected chi connectivity index (χ4v) is 1.83. The van der Waals surface area contributed by atoms with Gasteiger partial charge < -0.3 is 5.32 Å². The van der Waals surface area contributed by atoms with Crippen LogP contribution >= 0.6 is 23.2 Å². The highest BCUT2D eigenvalue weighted by atomic mass is 35.5. The Bertz CT molecular complexity index is 644. The number of anilines is 2. The number of hydrogen-bond donors (Lipinski definition) is 1.